The molecule has 11 heteroatoms. The number of likely N-dealkylation sites (tertiary alicyclic amines) is 1. The van der Waals surface area contributed by atoms with Crippen molar-refractivity contribution in [3.8, 4) is 11.5 Å². The number of halogens is 3. The number of benzene rings is 1. The second kappa shape index (κ2) is 8.86. The van der Waals surface area contributed by atoms with Gasteiger partial charge in [-0.1, -0.05) is 6.07 Å². The fourth-order valence-electron chi connectivity index (χ4n) is 3.50. The van der Waals surface area contributed by atoms with Crippen molar-refractivity contribution in [2.45, 2.75) is 25.1 Å². The molecule has 168 valence electrons. The van der Waals surface area contributed by atoms with E-state index < -0.39 is 23.7 Å². The molecule has 0 spiro atoms. The van der Waals surface area contributed by atoms with Crippen molar-refractivity contribution in [3.63, 3.8) is 0 Å². The van der Waals surface area contributed by atoms with Crippen LogP contribution in [0.25, 0.3) is 6.08 Å². The van der Waals surface area contributed by atoms with Gasteiger partial charge >= 0.3 is 11.9 Å². The van der Waals surface area contributed by atoms with Gasteiger partial charge in [-0.15, -0.1) is 5.10 Å². The number of hydrogen-bond donors (Lipinski definition) is 0. The first-order chi connectivity index (χ1) is 14.7. The van der Waals surface area contributed by atoms with E-state index in [-0.39, 0.29) is 5.91 Å². The van der Waals surface area contributed by atoms with Gasteiger partial charge in [0.1, 0.15) is 0 Å². The van der Waals surface area contributed by atoms with E-state index >= 15 is 0 Å². The number of ether oxygens (including phenoxy) is 2. The van der Waals surface area contributed by atoms with Crippen LogP contribution in [0.1, 0.15) is 30.3 Å². The number of methoxy groups -OCH3 is 2. The van der Waals surface area contributed by atoms with E-state index in [9.17, 15) is 22.8 Å². The molecule has 0 bridgehead atoms. The molecule has 1 amide bonds. The van der Waals surface area contributed by atoms with Crippen LogP contribution in [-0.2, 0) is 18.0 Å². The van der Waals surface area contributed by atoms with Gasteiger partial charge in [0.15, 0.2) is 11.5 Å². The molecule has 3 rings (SSSR count). The molecule has 31 heavy (non-hydrogen) atoms. The SMILES string of the molecule is COc1ccc(/C=C/C(=O)N2CCC(n3nc(C(F)(F)F)n(C)c3=O)CC2)cc1OC. The number of carbonyl (C=O) groups is 1. The first-order valence-corrected chi connectivity index (χ1v) is 9.57. The molecule has 1 aliphatic rings. The molecule has 0 atom stereocenters. The predicted molar refractivity (Wildman–Crippen MR) is 106 cm³/mol. The predicted octanol–water partition coefficient (Wildman–Crippen LogP) is 2.49. The molecule has 1 fully saturated rings. The Bertz CT molecular complexity index is 1030. The lowest BCUT2D eigenvalue weighted by Gasteiger charge is -2.30. The normalized spacial score (nSPS) is 15.5. The van der Waals surface area contributed by atoms with Gasteiger partial charge in [0.2, 0.25) is 11.7 Å². The van der Waals surface area contributed by atoms with E-state index in [4.69, 9.17) is 9.47 Å². The Kier molecular flexibility index (Phi) is 6.42. The molecule has 0 aliphatic carbocycles. The summed E-state index contributed by atoms with van der Waals surface area (Å²) in [7, 11) is 4.10. The van der Waals surface area contributed by atoms with E-state index in [2.05, 4.69) is 5.10 Å². The lowest BCUT2D eigenvalue weighted by molar-refractivity contribution is -0.147. The number of nitrogens with zero attached hydrogens (tertiary/aromatic N) is 4. The molecule has 1 aliphatic heterocycles. The molecule has 2 heterocycles. The Morgan fingerprint density at radius 2 is 1.81 bits per heavy atom. The lowest BCUT2D eigenvalue weighted by Crippen LogP contribution is -2.40. The molecule has 0 unspecified atom stereocenters. The van der Waals surface area contributed by atoms with Gasteiger partial charge in [0.05, 0.1) is 20.3 Å². The third-order valence-electron chi connectivity index (χ3n) is 5.20. The molecule has 0 radical (unpaired) electrons. The maximum atomic E-state index is 13.0. The summed E-state index contributed by atoms with van der Waals surface area (Å²) in [5.74, 6) is -0.338. The second-order valence-corrected chi connectivity index (χ2v) is 7.11. The number of amides is 1. The van der Waals surface area contributed by atoms with Gasteiger partial charge < -0.3 is 14.4 Å². The van der Waals surface area contributed by atoms with Crippen LogP contribution in [0.5, 0.6) is 11.5 Å². The van der Waals surface area contributed by atoms with Crippen molar-refractivity contribution in [2.75, 3.05) is 27.3 Å². The van der Waals surface area contributed by atoms with Crippen LogP contribution in [0.15, 0.2) is 29.1 Å². The largest absolute Gasteiger partial charge is 0.493 e. The van der Waals surface area contributed by atoms with Crippen LogP contribution in [0.2, 0.25) is 0 Å². The maximum absolute atomic E-state index is 13.0. The van der Waals surface area contributed by atoms with E-state index in [0.29, 0.717) is 42.0 Å². The quantitative estimate of drug-likeness (QED) is 0.668. The maximum Gasteiger partial charge on any atom is 0.451 e. The topological polar surface area (TPSA) is 78.6 Å². The Morgan fingerprint density at radius 1 is 1.16 bits per heavy atom. The number of hydrogen-bond acceptors (Lipinski definition) is 5. The van der Waals surface area contributed by atoms with Crippen molar-refractivity contribution in [1.29, 1.82) is 0 Å². The molecular weight excluding hydrogens is 417 g/mol. The smallest absolute Gasteiger partial charge is 0.451 e. The summed E-state index contributed by atoms with van der Waals surface area (Å²) in [6, 6.07) is 4.76. The highest BCUT2D eigenvalue weighted by Gasteiger charge is 2.39. The summed E-state index contributed by atoms with van der Waals surface area (Å²) in [5, 5.41) is 3.48. The summed E-state index contributed by atoms with van der Waals surface area (Å²) in [5.41, 5.74) is -0.0638. The molecule has 0 N–H and O–H groups in total. The summed E-state index contributed by atoms with van der Waals surface area (Å²) < 4.78 is 50.7. The molecule has 0 saturated carbocycles. The highest BCUT2D eigenvalue weighted by molar-refractivity contribution is 5.91. The van der Waals surface area contributed by atoms with Gasteiger partial charge in [-0.2, -0.15) is 13.2 Å². The Morgan fingerprint density at radius 3 is 2.35 bits per heavy atom. The Hall–Kier alpha value is -3.24. The minimum atomic E-state index is -4.70. The Labute approximate surface area is 176 Å². The number of carbonyl (C=O) groups excluding carboxylic acids is 1. The van der Waals surface area contributed by atoms with E-state index in [1.165, 1.54) is 20.3 Å². The van der Waals surface area contributed by atoms with Gasteiger partial charge in [-0.05, 0) is 36.6 Å². The van der Waals surface area contributed by atoms with Crippen molar-refractivity contribution in [2.24, 2.45) is 7.05 Å². The molecule has 1 saturated heterocycles. The van der Waals surface area contributed by atoms with Crippen LogP contribution in [0.4, 0.5) is 13.2 Å². The van der Waals surface area contributed by atoms with Crippen LogP contribution >= 0.6 is 0 Å². The molecule has 2 aromatic rings. The number of rotatable bonds is 5. The zero-order valence-electron chi connectivity index (χ0n) is 17.3. The average molecular weight is 440 g/mol. The third kappa shape index (κ3) is 4.75. The molecular formula is C20H23F3N4O4. The van der Waals surface area contributed by atoms with Crippen LogP contribution in [-0.4, -0.2) is 52.5 Å². The summed E-state index contributed by atoms with van der Waals surface area (Å²) in [6.07, 6.45) is -0.954. The second-order valence-electron chi connectivity index (χ2n) is 7.11. The van der Waals surface area contributed by atoms with Gasteiger partial charge in [0.25, 0.3) is 0 Å². The van der Waals surface area contributed by atoms with Crippen molar-refractivity contribution < 1.29 is 27.4 Å². The summed E-state index contributed by atoms with van der Waals surface area (Å²) in [4.78, 5) is 26.2. The third-order valence-corrected chi connectivity index (χ3v) is 5.20. The van der Waals surface area contributed by atoms with Gasteiger partial charge in [-0.3, -0.25) is 9.36 Å². The number of alkyl halides is 3. The molecule has 1 aromatic carbocycles. The van der Waals surface area contributed by atoms with E-state index in [1.54, 1.807) is 29.2 Å². The molecule has 1 aromatic heterocycles. The minimum absolute atomic E-state index is 0.224. The number of piperidine rings is 1. The Balaban J connectivity index is 1.64. The van der Waals surface area contributed by atoms with Crippen molar-refractivity contribution >= 4 is 12.0 Å². The average Bonchev–Trinajstić information content (AvgIpc) is 3.06. The van der Waals surface area contributed by atoms with Crippen molar-refractivity contribution in [3.05, 3.63) is 46.1 Å². The first kappa shape index (κ1) is 22.4. The van der Waals surface area contributed by atoms with Crippen LogP contribution < -0.4 is 15.2 Å². The summed E-state index contributed by atoms with van der Waals surface area (Å²) in [6.45, 7) is 0.619. The summed E-state index contributed by atoms with van der Waals surface area (Å²) >= 11 is 0. The van der Waals surface area contributed by atoms with E-state index in [1.807, 2.05) is 0 Å². The fourth-order valence-corrected chi connectivity index (χ4v) is 3.50. The molecule has 8 nitrogen and oxygen atoms in total. The zero-order valence-corrected chi connectivity index (χ0v) is 17.3. The standard InChI is InChI=1S/C20H23F3N4O4/c1-25-18(20(21,22)23)24-27(19(25)29)14-8-10-26(11-9-14)17(28)7-5-13-4-6-15(30-2)16(12-13)31-3/h4-7,12,14H,8-11H2,1-3H3/b7-5+. The monoisotopic (exact) mass is 440 g/mol. The van der Waals surface area contributed by atoms with Crippen LogP contribution in [0, 0.1) is 0 Å². The van der Waals surface area contributed by atoms with Gasteiger partial charge in [0, 0.05) is 26.2 Å². The van der Waals surface area contributed by atoms with Gasteiger partial charge in [-0.25, -0.2) is 9.48 Å². The van der Waals surface area contributed by atoms with Crippen LogP contribution in [0.3, 0.4) is 0 Å². The highest BCUT2D eigenvalue weighted by Crippen LogP contribution is 2.29. The van der Waals surface area contributed by atoms with E-state index in [0.717, 1.165) is 17.3 Å². The number of aromatic nitrogens is 3. The van der Waals surface area contributed by atoms with Crippen molar-refractivity contribution in [1.82, 2.24) is 19.2 Å². The highest BCUT2D eigenvalue weighted by atomic mass is 19.4. The lowest BCUT2D eigenvalue weighted by atomic mass is 10.1. The first-order valence-electron chi connectivity index (χ1n) is 9.57. The minimum Gasteiger partial charge on any atom is -0.493 e. The zero-order chi connectivity index (χ0) is 22.8. The fraction of sp³-hybridized carbons (Fsp3) is 0.450.